The molecule has 0 spiro atoms. The number of amides is 1. The van der Waals surface area contributed by atoms with E-state index in [1.165, 1.54) is 5.56 Å². The zero-order valence-electron chi connectivity index (χ0n) is 19.9. The van der Waals surface area contributed by atoms with E-state index in [0.717, 1.165) is 41.9 Å². The number of carbonyl (C=O) groups excluding carboxylic acids is 1. The van der Waals surface area contributed by atoms with Crippen LogP contribution >= 0.6 is 0 Å². The highest BCUT2D eigenvalue weighted by Gasteiger charge is 2.11. The first kappa shape index (κ1) is 23.5. The molecule has 1 unspecified atom stereocenters. The number of nitrogens with one attached hydrogen (secondary N) is 1. The van der Waals surface area contributed by atoms with E-state index in [-0.39, 0.29) is 5.91 Å². The fourth-order valence-corrected chi connectivity index (χ4v) is 4.00. The van der Waals surface area contributed by atoms with E-state index in [9.17, 15) is 4.79 Å². The molecular weight excluding hydrogens is 424 g/mol. The van der Waals surface area contributed by atoms with Crippen LogP contribution in [0.3, 0.4) is 0 Å². The number of imidazole rings is 1. The Morgan fingerprint density at radius 1 is 1.09 bits per heavy atom. The van der Waals surface area contributed by atoms with Gasteiger partial charge in [0.1, 0.15) is 18.2 Å². The van der Waals surface area contributed by atoms with Crippen LogP contribution in [0.1, 0.15) is 54.4 Å². The monoisotopic (exact) mass is 456 g/mol. The molecule has 2 aromatic carbocycles. The molecule has 1 amide bonds. The van der Waals surface area contributed by atoms with Crippen molar-refractivity contribution in [3.63, 3.8) is 0 Å². The van der Waals surface area contributed by atoms with Gasteiger partial charge in [-0.3, -0.25) is 9.78 Å². The summed E-state index contributed by atoms with van der Waals surface area (Å²) in [5.74, 6) is 2.35. The van der Waals surface area contributed by atoms with Gasteiger partial charge in [0, 0.05) is 25.4 Å². The van der Waals surface area contributed by atoms with E-state index in [0.29, 0.717) is 31.2 Å². The summed E-state index contributed by atoms with van der Waals surface area (Å²) in [5, 5.41) is 2.96. The predicted molar refractivity (Wildman–Crippen MR) is 135 cm³/mol. The number of fused-ring (bicyclic) bond motifs is 1. The van der Waals surface area contributed by atoms with Gasteiger partial charge in [0.2, 0.25) is 0 Å². The Labute approximate surface area is 201 Å². The van der Waals surface area contributed by atoms with Gasteiger partial charge in [0.25, 0.3) is 5.91 Å². The molecule has 34 heavy (non-hydrogen) atoms. The number of ether oxygens (including phenoxy) is 1. The fourth-order valence-electron chi connectivity index (χ4n) is 4.00. The summed E-state index contributed by atoms with van der Waals surface area (Å²) < 4.78 is 8.27. The molecule has 0 fully saturated rings. The Hall–Kier alpha value is -3.67. The molecule has 0 saturated carbocycles. The fraction of sp³-hybridized carbons (Fsp3) is 0.321. The van der Waals surface area contributed by atoms with Gasteiger partial charge in [-0.15, -0.1) is 0 Å². The van der Waals surface area contributed by atoms with Gasteiger partial charge in [-0.05, 0) is 60.7 Å². The van der Waals surface area contributed by atoms with Gasteiger partial charge in [0.15, 0.2) is 0 Å². The van der Waals surface area contributed by atoms with Crippen molar-refractivity contribution in [1.82, 2.24) is 19.9 Å². The number of hydrogen-bond donors (Lipinski definition) is 1. The van der Waals surface area contributed by atoms with Crippen molar-refractivity contribution in [3.8, 4) is 5.75 Å². The average molecular weight is 457 g/mol. The molecule has 0 aliphatic rings. The number of pyridine rings is 1. The Balaban J connectivity index is 1.35. The smallest absolute Gasteiger partial charge is 0.252 e. The Morgan fingerprint density at radius 2 is 1.91 bits per heavy atom. The zero-order chi connectivity index (χ0) is 23.8. The number of para-hydroxylation sites is 2. The number of nitrogens with zero attached hydrogens (tertiary/aromatic N) is 3. The summed E-state index contributed by atoms with van der Waals surface area (Å²) in [6.45, 7) is 6.30. The molecule has 6 nitrogen and oxygen atoms in total. The van der Waals surface area contributed by atoms with Crippen molar-refractivity contribution in [2.24, 2.45) is 0 Å². The van der Waals surface area contributed by atoms with Crippen LogP contribution in [0, 0.1) is 0 Å². The van der Waals surface area contributed by atoms with Crippen molar-refractivity contribution < 1.29 is 9.53 Å². The highest BCUT2D eigenvalue weighted by Crippen LogP contribution is 2.22. The van der Waals surface area contributed by atoms with Crippen LogP contribution in [0.25, 0.3) is 11.0 Å². The molecule has 0 aliphatic carbocycles. The standard InChI is InChI=1S/C28H32N4O2/c1-3-21(2)22-12-14-24(15-13-22)34-19-18-32-26-10-5-4-9-25(26)31-27(32)11-7-17-30-28(33)23-8-6-16-29-20-23/h4-6,8-10,12-16,20-21H,3,7,11,17-19H2,1-2H3,(H,30,33). The van der Waals surface area contributed by atoms with Crippen molar-refractivity contribution >= 4 is 16.9 Å². The van der Waals surface area contributed by atoms with E-state index in [1.54, 1.807) is 24.5 Å². The van der Waals surface area contributed by atoms with E-state index in [4.69, 9.17) is 9.72 Å². The lowest BCUT2D eigenvalue weighted by atomic mass is 9.99. The first-order valence-electron chi connectivity index (χ1n) is 12.0. The van der Waals surface area contributed by atoms with Gasteiger partial charge in [0.05, 0.1) is 23.1 Å². The highest BCUT2D eigenvalue weighted by molar-refractivity contribution is 5.93. The first-order valence-corrected chi connectivity index (χ1v) is 12.0. The minimum absolute atomic E-state index is 0.102. The van der Waals surface area contributed by atoms with Crippen LogP contribution < -0.4 is 10.1 Å². The third-order valence-corrected chi connectivity index (χ3v) is 6.17. The van der Waals surface area contributed by atoms with E-state index >= 15 is 0 Å². The highest BCUT2D eigenvalue weighted by atomic mass is 16.5. The molecule has 176 valence electrons. The van der Waals surface area contributed by atoms with Crippen molar-refractivity contribution in [2.75, 3.05) is 13.2 Å². The summed E-state index contributed by atoms with van der Waals surface area (Å²) >= 11 is 0. The largest absolute Gasteiger partial charge is 0.492 e. The normalized spacial score (nSPS) is 11.9. The van der Waals surface area contributed by atoms with E-state index in [1.807, 2.05) is 18.2 Å². The Bertz CT molecular complexity index is 1200. The molecule has 4 rings (SSSR count). The molecule has 0 bridgehead atoms. The third kappa shape index (κ3) is 5.81. The maximum absolute atomic E-state index is 12.2. The quantitative estimate of drug-likeness (QED) is 0.307. The number of benzene rings is 2. The van der Waals surface area contributed by atoms with Crippen LogP contribution in [-0.4, -0.2) is 33.6 Å². The lowest BCUT2D eigenvalue weighted by Crippen LogP contribution is -2.25. The maximum atomic E-state index is 12.2. The molecule has 0 saturated heterocycles. The molecule has 2 aromatic heterocycles. The second-order valence-corrected chi connectivity index (χ2v) is 8.50. The Kier molecular flexibility index (Phi) is 7.91. The Morgan fingerprint density at radius 3 is 2.68 bits per heavy atom. The second kappa shape index (κ2) is 11.5. The lowest BCUT2D eigenvalue weighted by Gasteiger charge is -2.13. The van der Waals surface area contributed by atoms with Crippen molar-refractivity contribution in [1.29, 1.82) is 0 Å². The lowest BCUT2D eigenvalue weighted by molar-refractivity contribution is 0.0952. The molecule has 1 N–H and O–H groups in total. The number of hydrogen-bond acceptors (Lipinski definition) is 4. The number of aromatic nitrogens is 3. The summed E-state index contributed by atoms with van der Waals surface area (Å²) in [7, 11) is 0. The molecule has 6 heteroatoms. The predicted octanol–water partition coefficient (Wildman–Crippen LogP) is 5.39. The average Bonchev–Trinajstić information content (AvgIpc) is 3.24. The van der Waals surface area contributed by atoms with Gasteiger partial charge in [-0.25, -0.2) is 4.98 Å². The van der Waals surface area contributed by atoms with Crippen molar-refractivity contribution in [2.45, 2.75) is 45.6 Å². The molecular formula is C28H32N4O2. The summed E-state index contributed by atoms with van der Waals surface area (Å²) in [6.07, 6.45) is 5.93. The number of rotatable bonds is 11. The summed E-state index contributed by atoms with van der Waals surface area (Å²) in [5.41, 5.74) is 4.00. The van der Waals surface area contributed by atoms with Crippen LogP contribution in [0.15, 0.2) is 73.1 Å². The van der Waals surface area contributed by atoms with Gasteiger partial charge in [-0.2, -0.15) is 0 Å². The zero-order valence-corrected chi connectivity index (χ0v) is 19.9. The van der Waals surface area contributed by atoms with Crippen LogP contribution in [0.4, 0.5) is 0 Å². The molecule has 0 aliphatic heterocycles. The SMILES string of the molecule is CCC(C)c1ccc(OCCn2c(CCCNC(=O)c3cccnc3)nc3ccccc32)cc1. The van der Waals surface area contributed by atoms with Gasteiger partial charge in [-0.1, -0.05) is 38.1 Å². The van der Waals surface area contributed by atoms with E-state index in [2.05, 4.69) is 59.0 Å². The van der Waals surface area contributed by atoms with E-state index < -0.39 is 0 Å². The molecule has 2 heterocycles. The minimum Gasteiger partial charge on any atom is -0.492 e. The van der Waals surface area contributed by atoms with Gasteiger partial charge < -0.3 is 14.6 Å². The first-order chi connectivity index (χ1) is 16.7. The van der Waals surface area contributed by atoms with Crippen LogP contribution in [0.2, 0.25) is 0 Å². The summed E-state index contributed by atoms with van der Waals surface area (Å²) in [4.78, 5) is 21.1. The number of aryl methyl sites for hydroxylation is 1. The van der Waals surface area contributed by atoms with Gasteiger partial charge >= 0.3 is 0 Å². The van der Waals surface area contributed by atoms with Crippen LogP contribution in [-0.2, 0) is 13.0 Å². The molecule has 0 radical (unpaired) electrons. The minimum atomic E-state index is -0.102. The third-order valence-electron chi connectivity index (χ3n) is 6.17. The topological polar surface area (TPSA) is 69.0 Å². The molecule has 1 atom stereocenters. The second-order valence-electron chi connectivity index (χ2n) is 8.50. The van der Waals surface area contributed by atoms with Crippen molar-refractivity contribution in [3.05, 3.63) is 90.0 Å². The number of carbonyl (C=O) groups is 1. The maximum Gasteiger partial charge on any atom is 0.252 e. The summed E-state index contributed by atoms with van der Waals surface area (Å²) in [6, 6.07) is 20.1. The van der Waals surface area contributed by atoms with Crippen LogP contribution in [0.5, 0.6) is 5.75 Å². The molecule has 4 aromatic rings.